The van der Waals surface area contributed by atoms with E-state index in [0.29, 0.717) is 10.9 Å². The molecule has 1 fully saturated rings. The van der Waals surface area contributed by atoms with Crippen LogP contribution in [-0.2, 0) is 6.42 Å². The van der Waals surface area contributed by atoms with Crippen molar-refractivity contribution in [1.82, 2.24) is 20.1 Å². The molecule has 0 saturated carbocycles. The number of piperidine rings is 1. The Morgan fingerprint density at radius 3 is 2.41 bits per heavy atom. The summed E-state index contributed by atoms with van der Waals surface area (Å²) in [6, 6.07) is 14.4. The number of aromatic amines is 1. The fourth-order valence-electron chi connectivity index (χ4n) is 3.56. The molecule has 0 aliphatic carbocycles. The summed E-state index contributed by atoms with van der Waals surface area (Å²) in [5, 5.41) is 9.39. The first-order valence-corrected chi connectivity index (χ1v) is 9.70. The lowest BCUT2D eigenvalue weighted by Crippen LogP contribution is -2.34. The normalized spacial score (nSPS) is 15.9. The van der Waals surface area contributed by atoms with E-state index in [4.69, 9.17) is 11.6 Å². The maximum Gasteiger partial charge on any atom is 0.161 e. The number of aromatic nitrogens is 3. The van der Waals surface area contributed by atoms with Gasteiger partial charge in [0.2, 0.25) is 0 Å². The lowest BCUT2D eigenvalue weighted by Gasteiger charge is -2.30. The summed E-state index contributed by atoms with van der Waals surface area (Å²) >= 11 is 5.94. The molecule has 0 bridgehead atoms. The molecule has 140 valence electrons. The molecule has 1 aromatic heterocycles. The average molecular weight is 385 g/mol. The highest BCUT2D eigenvalue weighted by Gasteiger charge is 2.23. The predicted molar refractivity (Wildman–Crippen MR) is 105 cm³/mol. The van der Waals surface area contributed by atoms with E-state index in [9.17, 15) is 4.39 Å². The van der Waals surface area contributed by atoms with Crippen molar-refractivity contribution in [2.75, 3.05) is 19.6 Å². The molecule has 0 unspecified atom stereocenters. The van der Waals surface area contributed by atoms with Crippen LogP contribution in [0.3, 0.4) is 0 Å². The van der Waals surface area contributed by atoms with Crippen LogP contribution in [0.1, 0.15) is 30.1 Å². The Morgan fingerprint density at radius 1 is 1.00 bits per heavy atom. The van der Waals surface area contributed by atoms with E-state index in [0.717, 1.165) is 56.1 Å². The van der Waals surface area contributed by atoms with E-state index >= 15 is 0 Å². The van der Waals surface area contributed by atoms with Crippen molar-refractivity contribution >= 4 is 11.6 Å². The minimum absolute atomic E-state index is 0.176. The Bertz CT molecular complexity index is 868. The van der Waals surface area contributed by atoms with Gasteiger partial charge in [-0.3, -0.25) is 0 Å². The summed E-state index contributed by atoms with van der Waals surface area (Å²) in [7, 11) is 0. The molecule has 0 radical (unpaired) electrons. The van der Waals surface area contributed by atoms with Gasteiger partial charge in [0, 0.05) is 23.0 Å². The van der Waals surface area contributed by atoms with E-state index in [2.05, 4.69) is 20.1 Å². The van der Waals surface area contributed by atoms with Crippen molar-refractivity contribution in [2.24, 2.45) is 0 Å². The number of hydrogen-bond acceptors (Lipinski definition) is 3. The molecule has 1 aliphatic heterocycles. The molecule has 3 aromatic rings. The Labute approximate surface area is 163 Å². The summed E-state index contributed by atoms with van der Waals surface area (Å²) in [5.74, 6) is 2.00. The fraction of sp³-hybridized carbons (Fsp3) is 0.333. The molecule has 0 amide bonds. The van der Waals surface area contributed by atoms with Crippen LogP contribution in [-0.4, -0.2) is 39.7 Å². The third-order valence-corrected chi connectivity index (χ3v) is 5.48. The largest absolute Gasteiger partial charge is 0.325 e. The fourth-order valence-corrected chi connectivity index (χ4v) is 3.69. The Morgan fingerprint density at radius 2 is 1.70 bits per heavy atom. The van der Waals surface area contributed by atoms with Crippen molar-refractivity contribution < 1.29 is 4.39 Å². The zero-order valence-corrected chi connectivity index (χ0v) is 15.8. The molecule has 1 saturated heterocycles. The smallest absolute Gasteiger partial charge is 0.161 e. The number of nitrogens with zero attached hydrogens (tertiary/aromatic N) is 3. The maximum atomic E-state index is 13.0. The topological polar surface area (TPSA) is 44.8 Å². The SMILES string of the molecule is Fc1ccc(CCN2CCC(c3nnc(-c4ccc(Cl)cc4)[nH]3)CC2)cc1. The molecule has 4 rings (SSSR count). The van der Waals surface area contributed by atoms with Gasteiger partial charge in [0.15, 0.2) is 5.82 Å². The number of rotatable bonds is 5. The summed E-state index contributed by atoms with van der Waals surface area (Å²) in [6.07, 6.45) is 3.09. The van der Waals surface area contributed by atoms with Gasteiger partial charge >= 0.3 is 0 Å². The highest BCUT2D eigenvalue weighted by Crippen LogP contribution is 2.27. The van der Waals surface area contributed by atoms with E-state index < -0.39 is 0 Å². The highest BCUT2D eigenvalue weighted by atomic mass is 35.5. The summed E-state index contributed by atoms with van der Waals surface area (Å²) in [6.45, 7) is 3.09. The van der Waals surface area contributed by atoms with E-state index in [-0.39, 0.29) is 5.82 Å². The van der Waals surface area contributed by atoms with Crippen LogP contribution in [0, 0.1) is 5.82 Å². The molecule has 6 heteroatoms. The van der Waals surface area contributed by atoms with Crippen molar-refractivity contribution in [3.63, 3.8) is 0 Å². The zero-order valence-electron chi connectivity index (χ0n) is 15.0. The monoisotopic (exact) mass is 384 g/mol. The van der Waals surface area contributed by atoms with E-state index in [1.54, 1.807) is 0 Å². The summed E-state index contributed by atoms with van der Waals surface area (Å²) < 4.78 is 13.0. The van der Waals surface area contributed by atoms with Crippen molar-refractivity contribution in [2.45, 2.75) is 25.2 Å². The van der Waals surface area contributed by atoms with Gasteiger partial charge in [-0.05, 0) is 74.3 Å². The number of likely N-dealkylation sites (tertiary alicyclic amines) is 1. The van der Waals surface area contributed by atoms with Crippen molar-refractivity contribution in [3.05, 3.63) is 70.8 Å². The lowest BCUT2D eigenvalue weighted by molar-refractivity contribution is 0.211. The molecule has 2 aromatic carbocycles. The Hall–Kier alpha value is -2.24. The van der Waals surface area contributed by atoms with Gasteiger partial charge in [-0.2, -0.15) is 0 Å². The minimum Gasteiger partial charge on any atom is -0.325 e. The molecule has 27 heavy (non-hydrogen) atoms. The van der Waals surface area contributed by atoms with Crippen LogP contribution in [0.25, 0.3) is 11.4 Å². The number of hydrogen-bond donors (Lipinski definition) is 1. The second kappa shape index (κ2) is 8.19. The van der Waals surface area contributed by atoms with Crippen LogP contribution in [0.2, 0.25) is 5.02 Å². The summed E-state index contributed by atoms with van der Waals surface area (Å²) in [4.78, 5) is 5.85. The Kier molecular flexibility index (Phi) is 5.50. The second-order valence-corrected chi connectivity index (χ2v) is 7.49. The molecule has 1 aliphatic rings. The Balaban J connectivity index is 1.30. The second-order valence-electron chi connectivity index (χ2n) is 7.06. The number of benzene rings is 2. The minimum atomic E-state index is -0.176. The number of H-pyrrole nitrogens is 1. The number of halogens is 2. The zero-order chi connectivity index (χ0) is 18.6. The number of nitrogens with one attached hydrogen (secondary N) is 1. The third kappa shape index (κ3) is 4.54. The molecular formula is C21H22ClFN4. The molecule has 0 spiro atoms. The molecule has 2 heterocycles. The summed E-state index contributed by atoms with van der Waals surface area (Å²) in [5.41, 5.74) is 2.18. The van der Waals surface area contributed by atoms with Gasteiger partial charge in [0.25, 0.3) is 0 Å². The molecule has 1 N–H and O–H groups in total. The van der Waals surface area contributed by atoms with Gasteiger partial charge in [0.1, 0.15) is 11.6 Å². The third-order valence-electron chi connectivity index (χ3n) is 5.23. The first-order chi connectivity index (χ1) is 13.2. The van der Waals surface area contributed by atoms with Gasteiger partial charge in [-0.25, -0.2) is 4.39 Å². The lowest BCUT2D eigenvalue weighted by atomic mass is 9.96. The van der Waals surface area contributed by atoms with Gasteiger partial charge in [-0.15, -0.1) is 10.2 Å². The highest BCUT2D eigenvalue weighted by molar-refractivity contribution is 6.30. The predicted octanol–water partition coefficient (Wildman–Crippen LogP) is 4.69. The van der Waals surface area contributed by atoms with Crippen LogP contribution >= 0.6 is 11.6 Å². The van der Waals surface area contributed by atoms with Crippen LogP contribution in [0.15, 0.2) is 48.5 Å². The van der Waals surface area contributed by atoms with Gasteiger partial charge in [-0.1, -0.05) is 23.7 Å². The molecular weight excluding hydrogens is 363 g/mol. The van der Waals surface area contributed by atoms with E-state index in [1.165, 1.54) is 17.7 Å². The standard InChI is InChI=1S/C21H22ClFN4/c22-18-5-3-16(4-6-18)20-24-21(26-25-20)17-10-13-27(14-11-17)12-9-15-1-7-19(23)8-2-15/h1-8,17H,9-14H2,(H,24,25,26). The maximum absolute atomic E-state index is 13.0. The average Bonchev–Trinajstić information content (AvgIpc) is 3.19. The molecule has 0 atom stereocenters. The first kappa shape index (κ1) is 18.1. The van der Waals surface area contributed by atoms with Crippen LogP contribution in [0.4, 0.5) is 4.39 Å². The molecule has 4 nitrogen and oxygen atoms in total. The van der Waals surface area contributed by atoms with Gasteiger partial charge < -0.3 is 9.88 Å². The van der Waals surface area contributed by atoms with Crippen molar-refractivity contribution in [1.29, 1.82) is 0 Å². The van der Waals surface area contributed by atoms with E-state index in [1.807, 2.05) is 36.4 Å². The van der Waals surface area contributed by atoms with Crippen LogP contribution in [0.5, 0.6) is 0 Å². The first-order valence-electron chi connectivity index (χ1n) is 9.33. The quantitative estimate of drug-likeness (QED) is 0.694. The van der Waals surface area contributed by atoms with Gasteiger partial charge in [0.05, 0.1) is 0 Å². The van der Waals surface area contributed by atoms with Crippen molar-refractivity contribution in [3.8, 4) is 11.4 Å². The van der Waals surface area contributed by atoms with Crippen LogP contribution < -0.4 is 0 Å².